The zero-order chi connectivity index (χ0) is 11.4. The van der Waals surface area contributed by atoms with Crippen LogP contribution < -0.4 is 5.32 Å². The molecule has 1 aromatic carbocycles. The maximum atomic E-state index is 8.96. The summed E-state index contributed by atoms with van der Waals surface area (Å²) in [5.74, 6) is 0.301. The number of hydrogen-bond acceptors (Lipinski definition) is 2. The third kappa shape index (κ3) is 3.24. The molecule has 0 saturated heterocycles. The predicted octanol–water partition coefficient (Wildman–Crippen LogP) is 3.72. The molecule has 1 N–H and O–H groups in total. The number of anilines is 1. The highest BCUT2D eigenvalue weighted by Gasteiger charge is 2.11. The molecule has 0 fully saturated rings. The monoisotopic (exact) mass is 266 g/mol. The first-order valence-corrected chi connectivity index (χ1v) is 5.76. The number of benzene rings is 1. The Bertz CT molecular complexity index is 380. The summed E-state index contributed by atoms with van der Waals surface area (Å²) in [5, 5.41) is 12.2. The molecule has 15 heavy (non-hydrogen) atoms. The highest BCUT2D eigenvalue weighted by molar-refractivity contribution is 9.10. The maximum Gasteiger partial charge on any atom is 0.116 e. The molecule has 0 radical (unpaired) electrons. The number of halogens is 1. The second-order valence-corrected chi connectivity index (χ2v) is 4.81. The SMILES string of the molecule is Cc1ccc(NC(C#N)C(C)C)cc1Br. The number of aryl methyl sites for hydroxylation is 1. The molecule has 0 spiro atoms. The van der Waals surface area contributed by atoms with E-state index in [-0.39, 0.29) is 6.04 Å². The van der Waals surface area contributed by atoms with E-state index in [1.54, 1.807) is 0 Å². The van der Waals surface area contributed by atoms with Crippen LogP contribution in [0, 0.1) is 24.2 Å². The van der Waals surface area contributed by atoms with Crippen molar-refractivity contribution in [2.75, 3.05) is 5.32 Å². The second kappa shape index (κ2) is 5.18. The molecule has 1 aromatic rings. The van der Waals surface area contributed by atoms with Gasteiger partial charge in [-0.05, 0) is 30.5 Å². The number of nitriles is 1. The van der Waals surface area contributed by atoms with E-state index in [1.165, 1.54) is 5.56 Å². The molecule has 80 valence electrons. The normalized spacial score (nSPS) is 12.3. The number of nitrogens with one attached hydrogen (secondary N) is 1. The summed E-state index contributed by atoms with van der Waals surface area (Å²) in [6.07, 6.45) is 0. The van der Waals surface area contributed by atoms with Crippen LogP contribution in [0.2, 0.25) is 0 Å². The van der Waals surface area contributed by atoms with E-state index >= 15 is 0 Å². The molecule has 0 saturated carbocycles. The predicted molar refractivity (Wildman–Crippen MR) is 66.7 cm³/mol. The third-order valence-corrected chi connectivity index (χ3v) is 3.15. The van der Waals surface area contributed by atoms with Gasteiger partial charge in [-0.1, -0.05) is 35.8 Å². The molecule has 0 aliphatic heterocycles. The van der Waals surface area contributed by atoms with E-state index in [2.05, 4.69) is 27.3 Å². The molecule has 0 heterocycles. The molecule has 1 unspecified atom stereocenters. The smallest absolute Gasteiger partial charge is 0.116 e. The minimum atomic E-state index is -0.139. The van der Waals surface area contributed by atoms with Gasteiger partial charge in [0.15, 0.2) is 0 Å². The van der Waals surface area contributed by atoms with Crippen molar-refractivity contribution in [2.45, 2.75) is 26.8 Å². The van der Waals surface area contributed by atoms with Crippen LogP contribution in [0.15, 0.2) is 22.7 Å². The fourth-order valence-corrected chi connectivity index (χ4v) is 1.59. The lowest BCUT2D eigenvalue weighted by atomic mass is 10.1. The van der Waals surface area contributed by atoms with Crippen LogP contribution in [0.1, 0.15) is 19.4 Å². The lowest BCUT2D eigenvalue weighted by Gasteiger charge is -2.16. The Labute approximate surface area is 99.4 Å². The molecule has 1 rings (SSSR count). The van der Waals surface area contributed by atoms with Crippen molar-refractivity contribution >= 4 is 21.6 Å². The van der Waals surface area contributed by atoms with Gasteiger partial charge in [0, 0.05) is 10.2 Å². The molecule has 0 bridgehead atoms. The minimum absolute atomic E-state index is 0.139. The quantitative estimate of drug-likeness (QED) is 0.906. The van der Waals surface area contributed by atoms with E-state index in [9.17, 15) is 0 Å². The Balaban J connectivity index is 2.81. The second-order valence-electron chi connectivity index (χ2n) is 3.96. The van der Waals surface area contributed by atoms with Crippen molar-refractivity contribution in [3.05, 3.63) is 28.2 Å². The largest absolute Gasteiger partial charge is 0.370 e. The van der Waals surface area contributed by atoms with Crippen molar-refractivity contribution in [1.29, 1.82) is 5.26 Å². The van der Waals surface area contributed by atoms with Crippen LogP contribution in [0.3, 0.4) is 0 Å². The van der Waals surface area contributed by atoms with Gasteiger partial charge in [-0.3, -0.25) is 0 Å². The minimum Gasteiger partial charge on any atom is -0.370 e. The molecule has 2 nitrogen and oxygen atoms in total. The van der Waals surface area contributed by atoms with Crippen molar-refractivity contribution in [3.8, 4) is 6.07 Å². The standard InChI is InChI=1S/C12H15BrN2/c1-8(2)12(7-14)15-10-5-4-9(3)11(13)6-10/h4-6,8,12,15H,1-3H3. The van der Waals surface area contributed by atoms with Crippen LogP contribution >= 0.6 is 15.9 Å². The van der Waals surface area contributed by atoms with Gasteiger partial charge in [0.2, 0.25) is 0 Å². The Morgan fingerprint density at radius 3 is 2.53 bits per heavy atom. The Kier molecular flexibility index (Phi) is 4.16. The summed E-state index contributed by atoms with van der Waals surface area (Å²) in [4.78, 5) is 0. The van der Waals surface area contributed by atoms with Crippen LogP contribution in [0.5, 0.6) is 0 Å². The van der Waals surface area contributed by atoms with Gasteiger partial charge in [0.25, 0.3) is 0 Å². The highest BCUT2D eigenvalue weighted by Crippen LogP contribution is 2.21. The lowest BCUT2D eigenvalue weighted by Crippen LogP contribution is -2.23. The van der Waals surface area contributed by atoms with E-state index in [0.717, 1.165) is 10.2 Å². The first kappa shape index (κ1) is 12.1. The molecule has 0 amide bonds. The average Bonchev–Trinajstić information content (AvgIpc) is 2.19. The Morgan fingerprint density at radius 1 is 1.40 bits per heavy atom. The summed E-state index contributed by atoms with van der Waals surface area (Å²) in [7, 11) is 0. The first-order chi connectivity index (χ1) is 7.04. The Hall–Kier alpha value is -1.01. The zero-order valence-electron chi connectivity index (χ0n) is 9.21. The number of nitrogens with zero attached hydrogens (tertiary/aromatic N) is 1. The van der Waals surface area contributed by atoms with Gasteiger partial charge in [-0.25, -0.2) is 0 Å². The van der Waals surface area contributed by atoms with Gasteiger partial charge >= 0.3 is 0 Å². The molecule has 0 aliphatic rings. The molecule has 0 aliphatic carbocycles. The van der Waals surface area contributed by atoms with E-state index in [0.29, 0.717) is 5.92 Å². The summed E-state index contributed by atoms with van der Waals surface area (Å²) in [6, 6.07) is 8.14. The summed E-state index contributed by atoms with van der Waals surface area (Å²) in [6.45, 7) is 6.10. The van der Waals surface area contributed by atoms with Gasteiger partial charge < -0.3 is 5.32 Å². The van der Waals surface area contributed by atoms with E-state index in [1.807, 2.05) is 39.0 Å². The van der Waals surface area contributed by atoms with Crippen LogP contribution in [0.4, 0.5) is 5.69 Å². The fourth-order valence-electron chi connectivity index (χ4n) is 1.21. The van der Waals surface area contributed by atoms with Gasteiger partial charge in [0.05, 0.1) is 6.07 Å². The summed E-state index contributed by atoms with van der Waals surface area (Å²) in [5.41, 5.74) is 2.17. The molecule has 3 heteroatoms. The highest BCUT2D eigenvalue weighted by atomic mass is 79.9. The van der Waals surface area contributed by atoms with Crippen molar-refractivity contribution in [1.82, 2.24) is 0 Å². The average molecular weight is 267 g/mol. The van der Waals surface area contributed by atoms with Crippen LogP contribution in [-0.2, 0) is 0 Å². The lowest BCUT2D eigenvalue weighted by molar-refractivity contribution is 0.609. The number of rotatable bonds is 3. The van der Waals surface area contributed by atoms with Crippen molar-refractivity contribution in [2.24, 2.45) is 5.92 Å². The van der Waals surface area contributed by atoms with Crippen molar-refractivity contribution < 1.29 is 0 Å². The van der Waals surface area contributed by atoms with Crippen LogP contribution in [0.25, 0.3) is 0 Å². The zero-order valence-corrected chi connectivity index (χ0v) is 10.8. The van der Waals surface area contributed by atoms with Crippen molar-refractivity contribution in [3.63, 3.8) is 0 Å². The maximum absolute atomic E-state index is 8.96. The molecule has 0 aromatic heterocycles. The number of hydrogen-bond donors (Lipinski definition) is 1. The van der Waals surface area contributed by atoms with E-state index < -0.39 is 0 Å². The summed E-state index contributed by atoms with van der Waals surface area (Å²) >= 11 is 3.47. The first-order valence-electron chi connectivity index (χ1n) is 4.97. The molecule has 1 atom stereocenters. The Morgan fingerprint density at radius 2 is 2.07 bits per heavy atom. The fraction of sp³-hybridized carbons (Fsp3) is 0.417. The molecular weight excluding hydrogens is 252 g/mol. The summed E-state index contributed by atoms with van der Waals surface area (Å²) < 4.78 is 1.06. The van der Waals surface area contributed by atoms with Crippen LogP contribution in [-0.4, -0.2) is 6.04 Å². The van der Waals surface area contributed by atoms with E-state index in [4.69, 9.17) is 5.26 Å². The molecular formula is C12H15BrN2. The topological polar surface area (TPSA) is 35.8 Å². The van der Waals surface area contributed by atoms with Gasteiger partial charge in [0.1, 0.15) is 6.04 Å². The van der Waals surface area contributed by atoms with Gasteiger partial charge in [-0.15, -0.1) is 0 Å². The van der Waals surface area contributed by atoms with Gasteiger partial charge in [-0.2, -0.15) is 5.26 Å². The third-order valence-electron chi connectivity index (χ3n) is 2.30.